The monoisotopic (exact) mass is 367 g/mol. The summed E-state index contributed by atoms with van der Waals surface area (Å²) < 4.78 is 32.3. The quantitative estimate of drug-likeness (QED) is 0.747. The molecule has 0 spiro atoms. The van der Waals surface area contributed by atoms with Crippen molar-refractivity contribution < 1.29 is 17.9 Å². The number of rotatable bonds is 7. The number of nitrogens with two attached hydrogens (primary N) is 1. The van der Waals surface area contributed by atoms with E-state index >= 15 is 0 Å². The molecule has 2 fully saturated rings. The molecule has 1 aromatic carbocycles. The Hall–Kier alpha value is -1.64. The van der Waals surface area contributed by atoms with Gasteiger partial charge in [-0.3, -0.25) is 4.79 Å². The van der Waals surface area contributed by atoms with E-state index in [4.69, 9.17) is 10.5 Å². The molecule has 138 valence electrons. The van der Waals surface area contributed by atoms with Crippen LogP contribution in [0.15, 0.2) is 23.1 Å². The average molecular weight is 367 g/mol. The molecule has 0 atom stereocenters. The zero-order valence-corrected chi connectivity index (χ0v) is 15.2. The van der Waals surface area contributed by atoms with Crippen LogP contribution in [0, 0.1) is 5.92 Å². The van der Waals surface area contributed by atoms with Gasteiger partial charge in [-0.1, -0.05) is 0 Å². The van der Waals surface area contributed by atoms with Crippen LogP contribution >= 0.6 is 0 Å². The lowest BCUT2D eigenvalue weighted by molar-refractivity contribution is 0.0997. The topological polar surface area (TPSA) is 102 Å². The summed E-state index contributed by atoms with van der Waals surface area (Å²) in [6.07, 6.45) is 4.20. The van der Waals surface area contributed by atoms with Crippen molar-refractivity contribution in [1.29, 1.82) is 0 Å². The number of nitrogens with one attached hydrogen (secondary N) is 1. The maximum Gasteiger partial charge on any atom is 0.252 e. The minimum absolute atomic E-state index is 0.0737. The molecule has 2 aliphatic rings. The molecule has 3 N–H and O–H groups in total. The molecule has 1 saturated heterocycles. The van der Waals surface area contributed by atoms with Crippen LogP contribution in [-0.4, -0.2) is 51.4 Å². The zero-order chi connectivity index (χ0) is 18.0. The van der Waals surface area contributed by atoms with Crippen LogP contribution in [0.2, 0.25) is 0 Å². The lowest BCUT2D eigenvalue weighted by Gasteiger charge is -2.32. The minimum atomic E-state index is -3.64. The van der Waals surface area contributed by atoms with Gasteiger partial charge in [0.2, 0.25) is 10.0 Å². The molecule has 1 aliphatic carbocycles. The summed E-state index contributed by atoms with van der Waals surface area (Å²) >= 11 is 0. The first-order valence-electron chi connectivity index (χ1n) is 8.63. The Kier molecular flexibility index (Phi) is 5.31. The van der Waals surface area contributed by atoms with Gasteiger partial charge in [-0.2, -0.15) is 4.31 Å². The predicted octanol–water partition coefficient (Wildman–Crippen LogP) is 0.947. The Morgan fingerprint density at radius 2 is 1.96 bits per heavy atom. The Labute approximate surface area is 148 Å². The van der Waals surface area contributed by atoms with E-state index in [1.165, 1.54) is 42.5 Å². The average Bonchev–Trinajstić information content (AvgIpc) is 3.44. The number of sulfonamides is 1. The summed E-state index contributed by atoms with van der Waals surface area (Å²) in [6, 6.07) is 4.60. The van der Waals surface area contributed by atoms with E-state index in [2.05, 4.69) is 5.32 Å². The normalized spacial score (nSPS) is 19.7. The van der Waals surface area contributed by atoms with Crippen molar-refractivity contribution in [3.8, 4) is 5.75 Å². The van der Waals surface area contributed by atoms with E-state index in [9.17, 15) is 13.2 Å². The van der Waals surface area contributed by atoms with Crippen LogP contribution in [0.3, 0.4) is 0 Å². The Balaban J connectivity index is 1.69. The molecular formula is C17H25N3O4S. The first-order valence-corrected chi connectivity index (χ1v) is 10.1. The number of carbonyl (C=O) groups is 1. The van der Waals surface area contributed by atoms with E-state index < -0.39 is 15.9 Å². The Morgan fingerprint density at radius 3 is 2.52 bits per heavy atom. The highest BCUT2D eigenvalue weighted by molar-refractivity contribution is 7.89. The molecule has 0 aromatic heterocycles. The van der Waals surface area contributed by atoms with Gasteiger partial charge >= 0.3 is 0 Å². The third-order valence-corrected chi connectivity index (χ3v) is 6.81. The predicted molar refractivity (Wildman–Crippen MR) is 94.0 cm³/mol. The van der Waals surface area contributed by atoms with Gasteiger partial charge in [0.15, 0.2) is 0 Å². The molecule has 1 aliphatic heterocycles. The summed E-state index contributed by atoms with van der Waals surface area (Å²) in [5.74, 6) is 0.375. The second-order valence-corrected chi connectivity index (χ2v) is 8.69. The first kappa shape index (κ1) is 18.2. The SMILES string of the molecule is COc1ccc(S(=O)(=O)N2CCC(NCC3CC3)CC2)cc1C(N)=O. The second kappa shape index (κ2) is 7.31. The molecule has 0 bridgehead atoms. The third kappa shape index (κ3) is 4.13. The van der Waals surface area contributed by atoms with Crippen molar-refractivity contribution >= 4 is 15.9 Å². The molecule has 0 unspecified atom stereocenters. The van der Waals surface area contributed by atoms with Gasteiger partial charge in [0.1, 0.15) is 5.75 Å². The number of amides is 1. The third-order valence-electron chi connectivity index (χ3n) is 4.92. The lowest BCUT2D eigenvalue weighted by Crippen LogP contribution is -2.45. The van der Waals surface area contributed by atoms with Gasteiger partial charge in [-0.25, -0.2) is 8.42 Å². The summed E-state index contributed by atoms with van der Waals surface area (Å²) in [4.78, 5) is 11.6. The van der Waals surface area contributed by atoms with E-state index in [-0.39, 0.29) is 16.2 Å². The van der Waals surface area contributed by atoms with E-state index in [1.54, 1.807) is 0 Å². The van der Waals surface area contributed by atoms with E-state index in [0.717, 1.165) is 25.3 Å². The highest BCUT2D eigenvalue weighted by atomic mass is 32.2. The van der Waals surface area contributed by atoms with Crippen LogP contribution in [0.5, 0.6) is 5.75 Å². The van der Waals surface area contributed by atoms with Crippen molar-refractivity contribution in [3.63, 3.8) is 0 Å². The van der Waals surface area contributed by atoms with Crippen molar-refractivity contribution in [2.75, 3.05) is 26.7 Å². The van der Waals surface area contributed by atoms with Crippen molar-refractivity contribution in [2.24, 2.45) is 11.7 Å². The van der Waals surface area contributed by atoms with Gasteiger partial charge in [0.25, 0.3) is 5.91 Å². The van der Waals surface area contributed by atoms with Gasteiger partial charge in [0.05, 0.1) is 17.6 Å². The molecule has 25 heavy (non-hydrogen) atoms. The number of hydrogen-bond donors (Lipinski definition) is 2. The standard InChI is InChI=1S/C17H25N3O4S/c1-24-16-5-4-14(10-15(16)17(18)21)25(22,23)20-8-6-13(7-9-20)19-11-12-2-3-12/h4-5,10,12-13,19H,2-3,6-9,11H2,1H3,(H2,18,21). The molecule has 0 radical (unpaired) electrons. The van der Waals surface area contributed by atoms with Crippen LogP contribution < -0.4 is 15.8 Å². The number of benzene rings is 1. The lowest BCUT2D eigenvalue weighted by atomic mass is 10.1. The molecule has 1 aromatic rings. The fourth-order valence-corrected chi connectivity index (χ4v) is 4.64. The van der Waals surface area contributed by atoms with E-state index in [1.807, 2.05) is 0 Å². The fraction of sp³-hybridized carbons (Fsp3) is 0.588. The fourth-order valence-electron chi connectivity index (χ4n) is 3.14. The first-order chi connectivity index (χ1) is 11.9. The van der Waals surface area contributed by atoms with Gasteiger partial charge in [-0.05, 0) is 56.3 Å². The van der Waals surface area contributed by atoms with Crippen molar-refractivity contribution in [3.05, 3.63) is 23.8 Å². The van der Waals surface area contributed by atoms with Crippen molar-refractivity contribution in [2.45, 2.75) is 36.6 Å². The smallest absolute Gasteiger partial charge is 0.252 e. The maximum atomic E-state index is 12.9. The molecule has 3 rings (SSSR count). The minimum Gasteiger partial charge on any atom is -0.496 e. The molecule has 1 heterocycles. The zero-order valence-electron chi connectivity index (χ0n) is 14.4. The van der Waals surface area contributed by atoms with Gasteiger partial charge in [-0.15, -0.1) is 0 Å². The number of primary amides is 1. The summed E-state index contributed by atoms with van der Waals surface area (Å²) in [5, 5.41) is 3.54. The number of carbonyl (C=O) groups excluding carboxylic acids is 1. The maximum absolute atomic E-state index is 12.9. The van der Waals surface area contributed by atoms with Gasteiger partial charge in [0, 0.05) is 19.1 Å². The van der Waals surface area contributed by atoms with Crippen LogP contribution in [0.4, 0.5) is 0 Å². The summed E-state index contributed by atoms with van der Waals surface area (Å²) in [7, 11) is -2.23. The molecule has 7 nitrogen and oxygen atoms in total. The number of nitrogens with zero attached hydrogens (tertiary/aromatic N) is 1. The molecule has 1 amide bonds. The molecular weight excluding hydrogens is 342 g/mol. The number of ether oxygens (including phenoxy) is 1. The molecule has 1 saturated carbocycles. The second-order valence-electron chi connectivity index (χ2n) is 6.76. The highest BCUT2D eigenvalue weighted by Gasteiger charge is 2.31. The summed E-state index contributed by atoms with van der Waals surface area (Å²) in [6.45, 7) is 1.99. The Bertz CT molecular complexity index is 738. The number of hydrogen-bond acceptors (Lipinski definition) is 5. The number of methoxy groups -OCH3 is 1. The number of piperidine rings is 1. The van der Waals surface area contributed by atoms with Gasteiger partial charge < -0.3 is 15.8 Å². The largest absolute Gasteiger partial charge is 0.496 e. The molecule has 8 heteroatoms. The summed E-state index contributed by atoms with van der Waals surface area (Å²) in [5.41, 5.74) is 5.40. The van der Waals surface area contributed by atoms with Crippen LogP contribution in [0.1, 0.15) is 36.0 Å². The van der Waals surface area contributed by atoms with Crippen LogP contribution in [-0.2, 0) is 10.0 Å². The highest BCUT2D eigenvalue weighted by Crippen LogP contribution is 2.29. The van der Waals surface area contributed by atoms with Crippen molar-refractivity contribution in [1.82, 2.24) is 9.62 Å². The van der Waals surface area contributed by atoms with Crippen LogP contribution in [0.25, 0.3) is 0 Å². The van der Waals surface area contributed by atoms with E-state index in [0.29, 0.717) is 19.1 Å². The Morgan fingerprint density at radius 1 is 1.28 bits per heavy atom.